The number of pyridine rings is 1. The van der Waals surface area contributed by atoms with Crippen molar-refractivity contribution in [3.8, 4) is 11.1 Å². The van der Waals surface area contributed by atoms with Gasteiger partial charge < -0.3 is 10.6 Å². The highest BCUT2D eigenvalue weighted by Crippen LogP contribution is 2.32. The van der Waals surface area contributed by atoms with E-state index in [0.29, 0.717) is 28.1 Å². The number of nitrogens with one attached hydrogen (secondary N) is 2. The zero-order valence-corrected chi connectivity index (χ0v) is 19.2. The molecular formula is C28H22F3N3O2. The van der Waals surface area contributed by atoms with E-state index in [9.17, 15) is 22.8 Å². The number of carbonyl (C=O) groups excluding carboxylic acids is 2. The van der Waals surface area contributed by atoms with Gasteiger partial charge in [0.25, 0.3) is 11.8 Å². The van der Waals surface area contributed by atoms with Crippen LogP contribution in [0.15, 0.2) is 97.2 Å². The third-order valence-corrected chi connectivity index (χ3v) is 5.61. The van der Waals surface area contributed by atoms with Crippen LogP contribution in [-0.4, -0.2) is 16.8 Å². The van der Waals surface area contributed by atoms with Crippen LogP contribution in [0, 0.1) is 0 Å². The van der Waals surface area contributed by atoms with Crippen molar-refractivity contribution in [2.45, 2.75) is 19.1 Å². The molecule has 36 heavy (non-hydrogen) atoms. The Morgan fingerprint density at radius 3 is 2.11 bits per heavy atom. The molecule has 1 heterocycles. The first-order valence-electron chi connectivity index (χ1n) is 11.1. The number of nitrogens with zero attached hydrogens (tertiary/aromatic N) is 1. The molecule has 5 nitrogen and oxygen atoms in total. The van der Waals surface area contributed by atoms with Crippen LogP contribution in [0.2, 0.25) is 0 Å². The van der Waals surface area contributed by atoms with Crippen molar-refractivity contribution in [3.05, 3.63) is 120 Å². The van der Waals surface area contributed by atoms with E-state index in [2.05, 4.69) is 15.6 Å². The lowest BCUT2D eigenvalue weighted by molar-refractivity contribution is -0.137. The smallest absolute Gasteiger partial charge is 0.344 e. The second kappa shape index (κ2) is 10.4. The molecule has 2 amide bonds. The molecule has 0 bridgehead atoms. The standard InChI is InChI=1S/C28H22F3N3O2/c1-18(33-27(36)25-8-4-5-17-32-25)19-11-15-22(16-12-19)34-26(35)24-7-3-2-6-23(24)20-9-13-21(14-10-20)28(29,30)31/h2-18H,1H3,(H,33,36)(H,34,35)/t18-/m0/s1. The van der Waals surface area contributed by atoms with Crippen molar-refractivity contribution >= 4 is 17.5 Å². The fourth-order valence-corrected chi connectivity index (χ4v) is 3.68. The Morgan fingerprint density at radius 2 is 1.47 bits per heavy atom. The fourth-order valence-electron chi connectivity index (χ4n) is 3.68. The molecule has 4 rings (SSSR count). The Morgan fingerprint density at radius 1 is 0.806 bits per heavy atom. The van der Waals surface area contributed by atoms with E-state index in [4.69, 9.17) is 0 Å². The number of benzene rings is 3. The van der Waals surface area contributed by atoms with Crippen LogP contribution in [0.4, 0.5) is 18.9 Å². The minimum Gasteiger partial charge on any atom is -0.344 e. The molecule has 1 aromatic heterocycles. The summed E-state index contributed by atoms with van der Waals surface area (Å²) >= 11 is 0. The molecule has 0 saturated carbocycles. The van der Waals surface area contributed by atoms with Crippen molar-refractivity contribution in [1.82, 2.24) is 10.3 Å². The van der Waals surface area contributed by atoms with E-state index < -0.39 is 17.6 Å². The minimum absolute atomic E-state index is 0.287. The predicted molar refractivity (Wildman–Crippen MR) is 131 cm³/mol. The first-order valence-corrected chi connectivity index (χ1v) is 11.1. The highest BCUT2D eigenvalue weighted by molar-refractivity contribution is 6.08. The second-order valence-corrected chi connectivity index (χ2v) is 8.11. The summed E-state index contributed by atoms with van der Waals surface area (Å²) in [7, 11) is 0. The summed E-state index contributed by atoms with van der Waals surface area (Å²) in [6, 6.07) is 23.2. The molecule has 1 atom stereocenters. The van der Waals surface area contributed by atoms with Crippen molar-refractivity contribution in [1.29, 1.82) is 0 Å². The topological polar surface area (TPSA) is 71.1 Å². The molecule has 0 fully saturated rings. The molecule has 8 heteroatoms. The summed E-state index contributed by atoms with van der Waals surface area (Å²) in [6.07, 6.45) is -2.88. The Balaban J connectivity index is 1.45. The van der Waals surface area contributed by atoms with Gasteiger partial charge in [-0.3, -0.25) is 14.6 Å². The van der Waals surface area contributed by atoms with Gasteiger partial charge in [-0.25, -0.2) is 0 Å². The normalized spacial score (nSPS) is 12.0. The van der Waals surface area contributed by atoms with Crippen molar-refractivity contribution in [2.24, 2.45) is 0 Å². The Bertz CT molecular complexity index is 1350. The van der Waals surface area contributed by atoms with Gasteiger partial charge in [0.15, 0.2) is 0 Å². The maximum Gasteiger partial charge on any atom is 0.416 e. The number of halogens is 3. The van der Waals surface area contributed by atoms with Crippen LogP contribution in [0.25, 0.3) is 11.1 Å². The molecule has 4 aromatic rings. The van der Waals surface area contributed by atoms with E-state index in [1.807, 2.05) is 6.92 Å². The van der Waals surface area contributed by atoms with E-state index in [1.165, 1.54) is 12.1 Å². The van der Waals surface area contributed by atoms with Crippen LogP contribution < -0.4 is 10.6 Å². The van der Waals surface area contributed by atoms with Gasteiger partial charge in [-0.1, -0.05) is 48.5 Å². The average molecular weight is 489 g/mol. The lowest BCUT2D eigenvalue weighted by atomic mass is 9.98. The van der Waals surface area contributed by atoms with Gasteiger partial charge in [-0.2, -0.15) is 13.2 Å². The van der Waals surface area contributed by atoms with Gasteiger partial charge >= 0.3 is 6.18 Å². The van der Waals surface area contributed by atoms with Crippen LogP contribution in [-0.2, 0) is 6.18 Å². The molecule has 0 unspecified atom stereocenters. The number of aromatic nitrogens is 1. The third kappa shape index (κ3) is 5.78. The maximum atomic E-state index is 13.0. The van der Waals surface area contributed by atoms with Crippen molar-refractivity contribution < 1.29 is 22.8 Å². The summed E-state index contributed by atoms with van der Waals surface area (Å²) in [5.74, 6) is -0.685. The fraction of sp³-hybridized carbons (Fsp3) is 0.107. The first kappa shape index (κ1) is 24.7. The lowest BCUT2D eigenvalue weighted by Gasteiger charge is -2.15. The Labute approximate surface area is 206 Å². The molecule has 0 aliphatic heterocycles. The third-order valence-electron chi connectivity index (χ3n) is 5.61. The average Bonchev–Trinajstić information content (AvgIpc) is 2.89. The van der Waals surface area contributed by atoms with Crippen LogP contribution in [0.5, 0.6) is 0 Å². The number of carbonyl (C=O) groups is 2. The summed E-state index contributed by atoms with van der Waals surface area (Å²) in [5.41, 5.74) is 2.29. The van der Waals surface area contributed by atoms with Crippen molar-refractivity contribution in [2.75, 3.05) is 5.32 Å². The van der Waals surface area contributed by atoms with Gasteiger partial charge in [0.2, 0.25) is 0 Å². The highest BCUT2D eigenvalue weighted by atomic mass is 19.4. The van der Waals surface area contributed by atoms with Gasteiger partial charge in [0.1, 0.15) is 5.69 Å². The second-order valence-electron chi connectivity index (χ2n) is 8.11. The summed E-state index contributed by atoms with van der Waals surface area (Å²) < 4.78 is 38.7. The first-order chi connectivity index (χ1) is 17.2. The molecule has 0 aliphatic carbocycles. The number of amides is 2. The molecule has 0 aliphatic rings. The minimum atomic E-state index is -4.43. The highest BCUT2D eigenvalue weighted by Gasteiger charge is 2.30. The lowest BCUT2D eigenvalue weighted by Crippen LogP contribution is -2.27. The van der Waals surface area contributed by atoms with Crippen LogP contribution in [0.1, 0.15) is 44.9 Å². The molecule has 2 N–H and O–H groups in total. The summed E-state index contributed by atoms with van der Waals surface area (Å²) in [4.78, 5) is 29.4. The molecule has 0 spiro atoms. The SMILES string of the molecule is C[C@H](NC(=O)c1ccccn1)c1ccc(NC(=O)c2ccccc2-c2ccc(C(F)(F)F)cc2)cc1. The van der Waals surface area contributed by atoms with Gasteiger partial charge in [-0.05, 0) is 66.1 Å². The largest absolute Gasteiger partial charge is 0.416 e. The number of hydrogen-bond donors (Lipinski definition) is 2. The number of alkyl halides is 3. The van der Waals surface area contributed by atoms with E-state index in [0.717, 1.165) is 17.7 Å². The zero-order valence-electron chi connectivity index (χ0n) is 19.2. The zero-order chi connectivity index (χ0) is 25.7. The maximum absolute atomic E-state index is 13.0. The van der Waals surface area contributed by atoms with Crippen LogP contribution >= 0.6 is 0 Å². The molecular weight excluding hydrogens is 467 g/mol. The van der Waals surface area contributed by atoms with Gasteiger partial charge in [0.05, 0.1) is 11.6 Å². The number of anilines is 1. The summed E-state index contributed by atoms with van der Waals surface area (Å²) in [5, 5.41) is 5.70. The van der Waals surface area contributed by atoms with E-state index in [-0.39, 0.29) is 11.9 Å². The molecule has 0 radical (unpaired) electrons. The Kier molecular flexibility index (Phi) is 7.15. The van der Waals surface area contributed by atoms with Crippen molar-refractivity contribution in [3.63, 3.8) is 0 Å². The van der Waals surface area contributed by atoms with E-state index >= 15 is 0 Å². The monoisotopic (exact) mass is 489 g/mol. The number of rotatable bonds is 6. The number of hydrogen-bond acceptors (Lipinski definition) is 3. The molecule has 182 valence electrons. The quantitative estimate of drug-likeness (QED) is 0.324. The van der Waals surface area contributed by atoms with Crippen LogP contribution in [0.3, 0.4) is 0 Å². The molecule has 3 aromatic carbocycles. The van der Waals surface area contributed by atoms with Gasteiger partial charge in [-0.15, -0.1) is 0 Å². The van der Waals surface area contributed by atoms with E-state index in [1.54, 1.807) is 72.9 Å². The molecule has 0 saturated heterocycles. The predicted octanol–water partition coefficient (Wildman–Crippen LogP) is 6.51. The Hall–Kier alpha value is -4.46. The summed E-state index contributed by atoms with van der Waals surface area (Å²) in [6.45, 7) is 1.84. The van der Waals surface area contributed by atoms with Gasteiger partial charge in [0, 0.05) is 17.4 Å².